The number of nitrogens with zero attached hydrogens (tertiary/aromatic N) is 2. The molecule has 0 fully saturated rings. The number of nitro benzene ring substituents is 1. The summed E-state index contributed by atoms with van der Waals surface area (Å²) >= 11 is 1.34. The van der Waals surface area contributed by atoms with Gasteiger partial charge in [0.2, 0.25) is 10.0 Å². The number of thiophene rings is 1. The van der Waals surface area contributed by atoms with Gasteiger partial charge in [0.05, 0.1) is 11.0 Å². The van der Waals surface area contributed by atoms with E-state index in [2.05, 4.69) is 5.32 Å². The number of hydrogen-bond donors (Lipinski definition) is 2. The highest BCUT2D eigenvalue weighted by atomic mass is 32.2. The number of nitro groups is 1. The number of aliphatic hydroxyl groups is 1. The normalized spacial score (nSPS) is 14.1. The van der Waals surface area contributed by atoms with Crippen molar-refractivity contribution >= 4 is 33.1 Å². The summed E-state index contributed by atoms with van der Waals surface area (Å²) in [6.07, 6.45) is -1.89. The maximum Gasteiger partial charge on any atom is 0.407 e. The quantitative estimate of drug-likeness (QED) is 0.410. The fourth-order valence-corrected chi connectivity index (χ4v) is 5.26. The highest BCUT2D eigenvalue weighted by Gasteiger charge is 2.34. The Kier molecular flexibility index (Phi) is 8.35. The Balaban J connectivity index is 2.34. The van der Waals surface area contributed by atoms with Gasteiger partial charge in [-0.25, -0.2) is 13.2 Å². The molecule has 2 aromatic rings. The average molecular weight is 486 g/mol. The molecule has 1 aromatic heterocycles. The van der Waals surface area contributed by atoms with E-state index in [4.69, 9.17) is 4.74 Å². The van der Waals surface area contributed by atoms with Crippen LogP contribution in [0.2, 0.25) is 0 Å². The van der Waals surface area contributed by atoms with Crippen LogP contribution in [-0.4, -0.2) is 53.6 Å². The van der Waals surface area contributed by atoms with Gasteiger partial charge in [-0.1, -0.05) is 12.1 Å². The summed E-state index contributed by atoms with van der Waals surface area (Å²) < 4.78 is 32.9. The minimum atomic E-state index is -4.39. The van der Waals surface area contributed by atoms with Gasteiger partial charge in [0.1, 0.15) is 5.60 Å². The molecule has 0 aliphatic carbocycles. The number of carbonyl (C=O) groups is 1. The molecule has 32 heavy (non-hydrogen) atoms. The van der Waals surface area contributed by atoms with Gasteiger partial charge >= 0.3 is 6.09 Å². The zero-order valence-electron chi connectivity index (χ0n) is 18.2. The SMILES string of the molecule is C[C@H](CN(C[C@@H](O)c1ccsc1)S(=O)(=O)c1ccccc1[N+](=O)[O-])NC(=O)OC(C)(C)C. The Hall–Kier alpha value is -2.54. The number of carbonyl (C=O) groups excluding carboxylic acids is 1. The molecule has 0 saturated carbocycles. The van der Waals surface area contributed by atoms with Gasteiger partial charge < -0.3 is 15.2 Å². The van der Waals surface area contributed by atoms with Crippen LogP contribution in [0, 0.1) is 10.1 Å². The van der Waals surface area contributed by atoms with Crippen LogP contribution in [0.5, 0.6) is 0 Å². The van der Waals surface area contributed by atoms with Gasteiger partial charge in [0.15, 0.2) is 4.90 Å². The fraction of sp³-hybridized carbons (Fsp3) is 0.450. The highest BCUT2D eigenvalue weighted by Crippen LogP contribution is 2.28. The summed E-state index contributed by atoms with van der Waals surface area (Å²) in [6, 6.07) is 5.95. The smallest absolute Gasteiger partial charge is 0.407 e. The minimum Gasteiger partial charge on any atom is -0.444 e. The van der Waals surface area contributed by atoms with E-state index in [-0.39, 0.29) is 13.1 Å². The Labute approximate surface area is 191 Å². The van der Waals surface area contributed by atoms with Crippen LogP contribution in [0.4, 0.5) is 10.5 Å². The number of nitrogens with one attached hydrogen (secondary N) is 1. The first-order chi connectivity index (χ1) is 14.8. The number of aliphatic hydroxyl groups excluding tert-OH is 1. The van der Waals surface area contributed by atoms with E-state index in [0.717, 1.165) is 16.4 Å². The Morgan fingerprint density at radius 3 is 2.50 bits per heavy atom. The molecule has 2 rings (SSSR count). The van der Waals surface area contributed by atoms with E-state index in [1.165, 1.54) is 23.5 Å². The molecule has 1 heterocycles. The summed E-state index contributed by atoms with van der Waals surface area (Å²) in [4.78, 5) is 22.2. The van der Waals surface area contributed by atoms with Gasteiger partial charge in [-0.3, -0.25) is 10.1 Å². The third-order valence-corrected chi connectivity index (χ3v) is 6.81. The van der Waals surface area contributed by atoms with Crippen molar-refractivity contribution < 1.29 is 28.0 Å². The molecule has 2 N–H and O–H groups in total. The molecule has 0 saturated heterocycles. The molecule has 0 spiro atoms. The van der Waals surface area contributed by atoms with E-state index >= 15 is 0 Å². The van der Waals surface area contributed by atoms with Gasteiger partial charge in [0.25, 0.3) is 5.69 Å². The molecule has 0 bridgehead atoms. The monoisotopic (exact) mass is 485 g/mol. The van der Waals surface area contributed by atoms with Gasteiger partial charge in [0, 0.05) is 25.2 Å². The Morgan fingerprint density at radius 2 is 1.94 bits per heavy atom. The summed E-state index contributed by atoms with van der Waals surface area (Å²) in [5.74, 6) is 0. The number of para-hydroxylation sites is 1. The van der Waals surface area contributed by atoms with Crippen LogP contribution in [0.1, 0.15) is 39.4 Å². The number of rotatable bonds is 9. The molecule has 1 amide bonds. The van der Waals surface area contributed by atoms with Crippen LogP contribution in [0.25, 0.3) is 0 Å². The summed E-state index contributed by atoms with van der Waals surface area (Å²) in [5, 5.41) is 28.0. The third kappa shape index (κ3) is 6.99. The van der Waals surface area contributed by atoms with Gasteiger partial charge in [-0.15, -0.1) is 0 Å². The molecule has 0 radical (unpaired) electrons. The lowest BCUT2D eigenvalue weighted by Crippen LogP contribution is -2.46. The molecular formula is C20H27N3O7S2. The number of sulfonamides is 1. The van der Waals surface area contributed by atoms with E-state index in [1.807, 2.05) is 0 Å². The summed E-state index contributed by atoms with van der Waals surface area (Å²) in [5.41, 5.74) is -0.796. The molecule has 10 nitrogen and oxygen atoms in total. The lowest BCUT2D eigenvalue weighted by atomic mass is 10.2. The van der Waals surface area contributed by atoms with E-state index < -0.39 is 49.4 Å². The van der Waals surface area contributed by atoms with Crippen molar-refractivity contribution in [3.63, 3.8) is 0 Å². The molecule has 0 aliphatic heterocycles. The van der Waals surface area contributed by atoms with Crippen molar-refractivity contribution in [2.75, 3.05) is 13.1 Å². The van der Waals surface area contributed by atoms with E-state index in [9.17, 15) is 28.4 Å². The minimum absolute atomic E-state index is 0.241. The predicted molar refractivity (Wildman–Crippen MR) is 120 cm³/mol. The molecule has 0 aliphatic rings. The van der Waals surface area contributed by atoms with E-state index in [0.29, 0.717) is 5.56 Å². The lowest BCUT2D eigenvalue weighted by Gasteiger charge is -2.28. The van der Waals surface area contributed by atoms with Crippen molar-refractivity contribution in [3.05, 3.63) is 56.8 Å². The largest absolute Gasteiger partial charge is 0.444 e. The second kappa shape index (κ2) is 10.4. The van der Waals surface area contributed by atoms with Crippen LogP contribution in [0.15, 0.2) is 46.0 Å². The maximum atomic E-state index is 13.4. The highest BCUT2D eigenvalue weighted by molar-refractivity contribution is 7.89. The second-order valence-corrected chi connectivity index (χ2v) is 10.9. The number of benzene rings is 1. The Morgan fingerprint density at radius 1 is 1.28 bits per heavy atom. The predicted octanol–water partition coefficient (Wildman–Crippen LogP) is 3.29. The van der Waals surface area contributed by atoms with Crippen molar-refractivity contribution in [2.45, 2.75) is 50.3 Å². The molecule has 0 unspecified atom stereocenters. The van der Waals surface area contributed by atoms with Crippen molar-refractivity contribution in [1.29, 1.82) is 0 Å². The molecule has 2 atom stereocenters. The Bertz CT molecular complexity index is 1030. The van der Waals surface area contributed by atoms with Crippen molar-refractivity contribution in [3.8, 4) is 0 Å². The molecule has 12 heteroatoms. The second-order valence-electron chi connectivity index (χ2n) is 8.17. The van der Waals surface area contributed by atoms with E-state index in [1.54, 1.807) is 44.5 Å². The first-order valence-corrected chi connectivity index (χ1v) is 12.1. The van der Waals surface area contributed by atoms with Crippen LogP contribution < -0.4 is 5.32 Å². The lowest BCUT2D eigenvalue weighted by molar-refractivity contribution is -0.387. The first kappa shape index (κ1) is 25.7. The standard InChI is InChI=1S/C20H27N3O7S2/c1-14(21-19(25)30-20(2,3)4)11-22(12-17(24)15-9-10-31-13-15)32(28,29)18-8-6-5-7-16(18)23(26)27/h5-10,13-14,17,24H,11-12H2,1-4H3,(H,21,25)/t14-,17-/m1/s1. The molecule has 1 aromatic carbocycles. The topological polar surface area (TPSA) is 139 Å². The van der Waals surface area contributed by atoms with Crippen molar-refractivity contribution in [1.82, 2.24) is 9.62 Å². The summed E-state index contributed by atoms with van der Waals surface area (Å²) in [7, 11) is -4.39. The first-order valence-electron chi connectivity index (χ1n) is 9.74. The van der Waals surface area contributed by atoms with Crippen LogP contribution in [-0.2, 0) is 14.8 Å². The third-order valence-electron chi connectivity index (χ3n) is 4.22. The zero-order chi connectivity index (χ0) is 24.1. The van der Waals surface area contributed by atoms with Gasteiger partial charge in [-0.2, -0.15) is 15.6 Å². The van der Waals surface area contributed by atoms with Crippen LogP contribution in [0.3, 0.4) is 0 Å². The fourth-order valence-electron chi connectivity index (χ4n) is 2.86. The number of alkyl carbamates (subject to hydrolysis) is 1. The number of ether oxygens (including phenoxy) is 1. The van der Waals surface area contributed by atoms with Gasteiger partial charge in [-0.05, 0) is 56.2 Å². The summed E-state index contributed by atoms with van der Waals surface area (Å²) in [6.45, 7) is 6.06. The van der Waals surface area contributed by atoms with Crippen LogP contribution >= 0.6 is 11.3 Å². The van der Waals surface area contributed by atoms with Crippen molar-refractivity contribution in [2.24, 2.45) is 0 Å². The average Bonchev–Trinajstić information content (AvgIpc) is 3.20. The zero-order valence-corrected chi connectivity index (χ0v) is 19.9. The number of hydrogen-bond acceptors (Lipinski definition) is 8. The number of amides is 1. The molecular weight excluding hydrogens is 458 g/mol. The molecule has 176 valence electrons. The maximum absolute atomic E-state index is 13.4.